The zero-order valence-electron chi connectivity index (χ0n) is 18.5. The lowest BCUT2D eigenvalue weighted by atomic mass is 9.96. The van der Waals surface area contributed by atoms with Crippen molar-refractivity contribution < 1.29 is 24.3 Å². The predicted octanol–water partition coefficient (Wildman–Crippen LogP) is 0.622. The molecule has 0 aliphatic carbocycles. The van der Waals surface area contributed by atoms with Crippen molar-refractivity contribution in [3.8, 4) is 0 Å². The first kappa shape index (κ1) is 26.8. The van der Waals surface area contributed by atoms with Gasteiger partial charge in [-0.25, -0.2) is 4.79 Å². The van der Waals surface area contributed by atoms with E-state index in [-0.39, 0.29) is 30.7 Å². The molecule has 9 nitrogen and oxygen atoms in total. The number of carbonyl (C=O) groups is 4. The van der Waals surface area contributed by atoms with E-state index in [4.69, 9.17) is 5.73 Å². The molecule has 0 aromatic heterocycles. The Bertz CT molecular complexity index is 565. The number of amides is 3. The summed E-state index contributed by atoms with van der Waals surface area (Å²) in [6.45, 7) is 11.0. The van der Waals surface area contributed by atoms with Crippen molar-refractivity contribution in [1.29, 1.82) is 0 Å². The Hall–Kier alpha value is -2.16. The van der Waals surface area contributed by atoms with Crippen LogP contribution in [0.3, 0.4) is 0 Å². The number of carbonyl (C=O) groups excluding carboxylic acids is 3. The quantitative estimate of drug-likeness (QED) is 0.298. The van der Waals surface area contributed by atoms with E-state index < -0.39 is 41.8 Å². The van der Waals surface area contributed by atoms with Crippen molar-refractivity contribution in [3.05, 3.63) is 0 Å². The smallest absolute Gasteiger partial charge is 0.326 e. The number of aliphatic carboxylic acids is 1. The van der Waals surface area contributed by atoms with Crippen LogP contribution in [-0.4, -0.2) is 53.5 Å². The van der Waals surface area contributed by atoms with Crippen LogP contribution in [0.5, 0.6) is 0 Å². The lowest BCUT2D eigenvalue weighted by molar-refractivity contribution is -0.143. The zero-order valence-corrected chi connectivity index (χ0v) is 18.5. The van der Waals surface area contributed by atoms with Crippen LogP contribution in [0.25, 0.3) is 0 Å². The second-order valence-corrected chi connectivity index (χ2v) is 8.35. The third kappa shape index (κ3) is 10.3. The molecule has 0 rings (SSSR count). The maximum Gasteiger partial charge on any atom is 0.326 e. The lowest BCUT2D eigenvalue weighted by Gasteiger charge is -2.28. The Labute approximate surface area is 173 Å². The van der Waals surface area contributed by atoms with Gasteiger partial charge in [-0.2, -0.15) is 0 Å². The maximum absolute atomic E-state index is 12.8. The molecule has 0 aliphatic rings. The molecule has 168 valence electrons. The van der Waals surface area contributed by atoms with Gasteiger partial charge in [-0.3, -0.25) is 14.4 Å². The molecule has 0 radical (unpaired) electrons. The van der Waals surface area contributed by atoms with E-state index >= 15 is 0 Å². The summed E-state index contributed by atoms with van der Waals surface area (Å²) in [7, 11) is 0. The highest BCUT2D eigenvalue weighted by molar-refractivity contribution is 5.93. The number of rotatable bonds is 13. The molecule has 4 unspecified atom stereocenters. The van der Waals surface area contributed by atoms with Crippen molar-refractivity contribution in [2.45, 2.75) is 78.9 Å². The number of nitrogens with one attached hydrogen (secondary N) is 3. The van der Waals surface area contributed by atoms with E-state index in [1.165, 1.54) is 0 Å². The predicted molar refractivity (Wildman–Crippen MR) is 111 cm³/mol. The Kier molecular flexibility index (Phi) is 12.2. The van der Waals surface area contributed by atoms with E-state index in [1.807, 2.05) is 41.5 Å². The average molecular weight is 415 g/mol. The van der Waals surface area contributed by atoms with Crippen LogP contribution in [0.4, 0.5) is 0 Å². The fraction of sp³-hybridized carbons (Fsp3) is 0.800. The third-order valence-electron chi connectivity index (χ3n) is 4.66. The van der Waals surface area contributed by atoms with Crippen LogP contribution in [0, 0.1) is 17.8 Å². The minimum atomic E-state index is -1.12. The lowest BCUT2D eigenvalue weighted by Crippen LogP contribution is -2.58. The summed E-state index contributed by atoms with van der Waals surface area (Å²) < 4.78 is 0. The Balaban J connectivity index is 5.42. The van der Waals surface area contributed by atoms with Gasteiger partial charge >= 0.3 is 5.97 Å². The van der Waals surface area contributed by atoms with Crippen LogP contribution in [-0.2, 0) is 19.2 Å². The Morgan fingerprint density at radius 1 is 0.828 bits per heavy atom. The molecular formula is C20H38N4O5. The van der Waals surface area contributed by atoms with E-state index in [0.29, 0.717) is 12.8 Å². The molecule has 0 aromatic rings. The van der Waals surface area contributed by atoms with Crippen molar-refractivity contribution in [2.75, 3.05) is 6.54 Å². The molecule has 6 N–H and O–H groups in total. The maximum atomic E-state index is 12.8. The number of hydrogen-bond acceptors (Lipinski definition) is 5. The topological polar surface area (TPSA) is 151 Å². The standard InChI is InChI=1S/C20H38N4O5/c1-7-13(6)17(24-16(25)10-21)19(27)22-14(8-11(2)3)18(26)23-15(20(28)29)9-12(4)5/h11-15,17H,7-10,21H2,1-6H3,(H,22,27)(H,23,26)(H,24,25)(H,28,29). The summed E-state index contributed by atoms with van der Waals surface area (Å²) in [6.07, 6.45) is 1.26. The van der Waals surface area contributed by atoms with Gasteiger partial charge in [0, 0.05) is 0 Å². The van der Waals surface area contributed by atoms with Crippen LogP contribution in [0.1, 0.15) is 60.8 Å². The molecule has 9 heteroatoms. The van der Waals surface area contributed by atoms with Crippen LogP contribution in [0.2, 0.25) is 0 Å². The number of nitrogens with two attached hydrogens (primary N) is 1. The SMILES string of the molecule is CCC(C)C(NC(=O)CN)C(=O)NC(CC(C)C)C(=O)NC(CC(C)C)C(=O)O. The third-order valence-corrected chi connectivity index (χ3v) is 4.66. The van der Waals surface area contributed by atoms with Crippen molar-refractivity contribution in [3.63, 3.8) is 0 Å². The summed E-state index contributed by atoms with van der Waals surface area (Å²) in [6, 6.07) is -2.77. The first-order chi connectivity index (χ1) is 13.4. The second-order valence-electron chi connectivity index (χ2n) is 8.35. The average Bonchev–Trinajstić information content (AvgIpc) is 2.62. The number of carboxylic acid groups (broad SMARTS) is 1. The summed E-state index contributed by atoms with van der Waals surface area (Å²) in [5.41, 5.74) is 5.34. The van der Waals surface area contributed by atoms with Crippen molar-refractivity contribution >= 4 is 23.7 Å². The molecule has 0 saturated carbocycles. The van der Waals surface area contributed by atoms with Gasteiger partial charge in [0.15, 0.2) is 0 Å². The summed E-state index contributed by atoms with van der Waals surface area (Å²) in [5, 5.41) is 17.2. The van der Waals surface area contributed by atoms with E-state index in [2.05, 4.69) is 16.0 Å². The molecule has 29 heavy (non-hydrogen) atoms. The van der Waals surface area contributed by atoms with E-state index in [1.54, 1.807) is 0 Å². The highest BCUT2D eigenvalue weighted by Gasteiger charge is 2.31. The molecular weight excluding hydrogens is 376 g/mol. The van der Waals surface area contributed by atoms with Crippen molar-refractivity contribution in [2.24, 2.45) is 23.5 Å². The summed E-state index contributed by atoms with van der Waals surface area (Å²) >= 11 is 0. The Morgan fingerprint density at radius 3 is 1.72 bits per heavy atom. The largest absolute Gasteiger partial charge is 0.480 e. The molecule has 0 bridgehead atoms. The van der Waals surface area contributed by atoms with E-state index in [0.717, 1.165) is 0 Å². The monoisotopic (exact) mass is 414 g/mol. The van der Waals surface area contributed by atoms with E-state index in [9.17, 15) is 24.3 Å². The fourth-order valence-corrected chi connectivity index (χ4v) is 2.86. The summed E-state index contributed by atoms with van der Waals surface area (Å²) in [4.78, 5) is 48.8. The normalized spacial score (nSPS) is 15.3. The molecule has 4 atom stereocenters. The first-order valence-corrected chi connectivity index (χ1v) is 10.3. The fourth-order valence-electron chi connectivity index (χ4n) is 2.86. The van der Waals surface area contributed by atoms with Gasteiger partial charge in [0.1, 0.15) is 18.1 Å². The minimum absolute atomic E-state index is 0.0794. The highest BCUT2D eigenvalue weighted by Crippen LogP contribution is 2.12. The molecule has 3 amide bonds. The molecule has 0 saturated heterocycles. The molecule has 0 aliphatic heterocycles. The van der Waals surface area contributed by atoms with Crippen LogP contribution < -0.4 is 21.7 Å². The van der Waals surface area contributed by atoms with Gasteiger partial charge in [-0.15, -0.1) is 0 Å². The van der Waals surface area contributed by atoms with Crippen LogP contribution in [0.15, 0.2) is 0 Å². The van der Waals surface area contributed by atoms with Gasteiger partial charge in [0.05, 0.1) is 6.54 Å². The minimum Gasteiger partial charge on any atom is -0.480 e. The molecule has 0 aromatic carbocycles. The Morgan fingerprint density at radius 2 is 1.31 bits per heavy atom. The summed E-state index contributed by atoms with van der Waals surface area (Å²) in [5.74, 6) is -2.62. The van der Waals surface area contributed by atoms with Gasteiger partial charge in [0.2, 0.25) is 17.7 Å². The zero-order chi connectivity index (χ0) is 22.7. The highest BCUT2D eigenvalue weighted by atomic mass is 16.4. The van der Waals surface area contributed by atoms with Gasteiger partial charge in [-0.1, -0.05) is 48.0 Å². The molecule has 0 spiro atoms. The first-order valence-electron chi connectivity index (χ1n) is 10.3. The van der Waals surface area contributed by atoms with Gasteiger partial charge in [-0.05, 0) is 30.6 Å². The molecule has 0 fully saturated rings. The van der Waals surface area contributed by atoms with Gasteiger partial charge < -0.3 is 26.8 Å². The van der Waals surface area contributed by atoms with Crippen molar-refractivity contribution in [1.82, 2.24) is 16.0 Å². The van der Waals surface area contributed by atoms with Gasteiger partial charge in [0.25, 0.3) is 0 Å². The number of hydrogen-bond donors (Lipinski definition) is 5. The van der Waals surface area contributed by atoms with Crippen LogP contribution >= 0.6 is 0 Å². The number of carboxylic acids is 1. The molecule has 0 heterocycles. The second kappa shape index (κ2) is 13.1.